The summed E-state index contributed by atoms with van der Waals surface area (Å²) < 4.78 is 11.9. The molecular formula is C21H42O3. The number of aliphatic hydroxyl groups is 1. The zero-order chi connectivity index (χ0) is 17.7. The van der Waals surface area contributed by atoms with Crippen LogP contribution in [0.15, 0.2) is 0 Å². The van der Waals surface area contributed by atoms with Gasteiger partial charge in [0, 0.05) is 6.61 Å². The van der Waals surface area contributed by atoms with Crippen molar-refractivity contribution < 1.29 is 14.6 Å². The lowest BCUT2D eigenvalue weighted by Gasteiger charge is -2.16. The van der Waals surface area contributed by atoms with Gasteiger partial charge in [-0.1, -0.05) is 84.0 Å². The zero-order valence-corrected chi connectivity index (χ0v) is 16.5. The van der Waals surface area contributed by atoms with Gasteiger partial charge in [0.1, 0.15) is 0 Å². The van der Waals surface area contributed by atoms with Crippen molar-refractivity contribution in [3.8, 4) is 0 Å². The summed E-state index contributed by atoms with van der Waals surface area (Å²) in [6, 6.07) is 0. The van der Waals surface area contributed by atoms with Gasteiger partial charge in [-0.25, -0.2) is 0 Å². The normalized spacial score (nSPS) is 23.0. The van der Waals surface area contributed by atoms with Crippen molar-refractivity contribution in [2.45, 2.75) is 129 Å². The molecule has 1 aliphatic heterocycles. The summed E-state index contributed by atoms with van der Waals surface area (Å²) in [7, 11) is 0. The standard InChI is InChI=1S/C21H42O3/c1-4-5-6-7-8-9-10-11-12-13-14-15-16-19-20(17-18-22)24-21(2,3)23-19/h19-20,22H,4-18H2,1-3H3/t19-,20-/m0/s1. The van der Waals surface area contributed by atoms with Crippen LogP contribution in [0.5, 0.6) is 0 Å². The molecule has 0 radical (unpaired) electrons. The van der Waals surface area contributed by atoms with Gasteiger partial charge in [-0.15, -0.1) is 0 Å². The largest absolute Gasteiger partial charge is 0.396 e. The number of hydrogen-bond donors (Lipinski definition) is 1. The van der Waals surface area contributed by atoms with Crippen LogP contribution in [0.2, 0.25) is 0 Å². The number of ether oxygens (including phenoxy) is 2. The molecule has 0 aromatic carbocycles. The number of hydrogen-bond acceptors (Lipinski definition) is 3. The van der Waals surface area contributed by atoms with Gasteiger partial charge >= 0.3 is 0 Å². The Bertz CT molecular complexity index is 291. The molecule has 0 aliphatic carbocycles. The first kappa shape index (κ1) is 21.9. The maximum Gasteiger partial charge on any atom is 0.163 e. The highest BCUT2D eigenvalue weighted by atomic mass is 16.7. The van der Waals surface area contributed by atoms with E-state index < -0.39 is 5.79 Å². The number of aliphatic hydroxyl groups excluding tert-OH is 1. The average Bonchev–Trinajstić information content (AvgIpc) is 2.83. The first-order chi connectivity index (χ1) is 11.6. The van der Waals surface area contributed by atoms with Crippen LogP contribution in [-0.2, 0) is 9.47 Å². The van der Waals surface area contributed by atoms with Crippen LogP contribution in [0.1, 0.15) is 111 Å². The third kappa shape index (κ3) is 10.0. The second-order valence-electron chi connectivity index (χ2n) is 7.90. The van der Waals surface area contributed by atoms with E-state index in [0.29, 0.717) is 6.42 Å². The van der Waals surface area contributed by atoms with Crippen LogP contribution in [0.4, 0.5) is 0 Å². The molecule has 1 rings (SSSR count). The quantitative estimate of drug-likeness (QED) is 0.372. The molecular weight excluding hydrogens is 300 g/mol. The maximum absolute atomic E-state index is 9.15. The molecule has 24 heavy (non-hydrogen) atoms. The molecule has 0 aromatic heterocycles. The van der Waals surface area contributed by atoms with Gasteiger partial charge in [-0.2, -0.15) is 0 Å². The van der Waals surface area contributed by atoms with Crippen molar-refractivity contribution in [3.63, 3.8) is 0 Å². The van der Waals surface area contributed by atoms with Crippen molar-refractivity contribution in [2.75, 3.05) is 6.61 Å². The lowest BCUT2D eigenvalue weighted by Crippen LogP contribution is -2.23. The van der Waals surface area contributed by atoms with Crippen molar-refractivity contribution in [2.24, 2.45) is 0 Å². The molecule has 1 aliphatic rings. The monoisotopic (exact) mass is 342 g/mol. The van der Waals surface area contributed by atoms with Crippen molar-refractivity contribution in [3.05, 3.63) is 0 Å². The molecule has 0 spiro atoms. The van der Waals surface area contributed by atoms with Crippen LogP contribution in [0.25, 0.3) is 0 Å². The Kier molecular flexibility index (Phi) is 12.0. The van der Waals surface area contributed by atoms with Crippen molar-refractivity contribution >= 4 is 0 Å². The van der Waals surface area contributed by atoms with E-state index in [1.807, 2.05) is 13.8 Å². The van der Waals surface area contributed by atoms with Gasteiger partial charge in [0.05, 0.1) is 12.2 Å². The van der Waals surface area contributed by atoms with E-state index in [4.69, 9.17) is 14.6 Å². The molecule has 2 atom stereocenters. The fourth-order valence-corrected chi connectivity index (χ4v) is 3.71. The Morgan fingerprint density at radius 2 is 1.08 bits per heavy atom. The van der Waals surface area contributed by atoms with E-state index >= 15 is 0 Å². The van der Waals surface area contributed by atoms with E-state index in [-0.39, 0.29) is 18.8 Å². The highest BCUT2D eigenvalue weighted by Crippen LogP contribution is 2.32. The topological polar surface area (TPSA) is 38.7 Å². The first-order valence-electron chi connectivity index (χ1n) is 10.6. The molecule has 0 aromatic rings. The smallest absolute Gasteiger partial charge is 0.163 e. The Morgan fingerprint density at radius 1 is 0.667 bits per heavy atom. The predicted octanol–water partition coefficient (Wildman–Crippen LogP) is 5.98. The molecule has 3 heteroatoms. The molecule has 144 valence electrons. The van der Waals surface area contributed by atoms with Crippen LogP contribution in [0, 0.1) is 0 Å². The molecule has 1 fully saturated rings. The summed E-state index contributed by atoms with van der Waals surface area (Å²) >= 11 is 0. The van der Waals surface area contributed by atoms with Gasteiger partial charge in [-0.3, -0.25) is 0 Å². The minimum absolute atomic E-state index is 0.0673. The molecule has 1 N–H and O–H groups in total. The Labute approximate surface area is 150 Å². The number of unbranched alkanes of at least 4 members (excludes halogenated alkanes) is 11. The summed E-state index contributed by atoms with van der Waals surface area (Å²) in [4.78, 5) is 0. The van der Waals surface area contributed by atoms with Gasteiger partial charge < -0.3 is 14.6 Å². The molecule has 1 heterocycles. The maximum atomic E-state index is 9.15. The predicted molar refractivity (Wildman–Crippen MR) is 101 cm³/mol. The molecule has 1 saturated heterocycles. The lowest BCUT2D eigenvalue weighted by atomic mass is 10.0. The Hall–Kier alpha value is -0.120. The van der Waals surface area contributed by atoms with Crippen molar-refractivity contribution in [1.29, 1.82) is 0 Å². The van der Waals surface area contributed by atoms with E-state index in [2.05, 4.69) is 6.92 Å². The SMILES string of the molecule is CCCCCCCCCCCCCC[C@@H]1OC(C)(C)O[C@H]1CCO. The molecule has 0 unspecified atom stereocenters. The summed E-state index contributed by atoms with van der Waals surface area (Å²) in [5.74, 6) is -0.484. The summed E-state index contributed by atoms with van der Waals surface area (Å²) in [5, 5.41) is 9.15. The van der Waals surface area contributed by atoms with Crippen LogP contribution in [-0.4, -0.2) is 29.7 Å². The zero-order valence-electron chi connectivity index (χ0n) is 16.5. The second-order valence-corrected chi connectivity index (χ2v) is 7.90. The minimum atomic E-state index is -0.484. The summed E-state index contributed by atoms with van der Waals surface area (Å²) in [6.07, 6.45) is 18.5. The average molecular weight is 343 g/mol. The Morgan fingerprint density at radius 3 is 1.54 bits per heavy atom. The second kappa shape index (κ2) is 13.1. The lowest BCUT2D eigenvalue weighted by molar-refractivity contribution is -0.147. The van der Waals surface area contributed by atoms with Crippen LogP contribution >= 0.6 is 0 Å². The van der Waals surface area contributed by atoms with E-state index in [9.17, 15) is 0 Å². The minimum Gasteiger partial charge on any atom is -0.396 e. The van der Waals surface area contributed by atoms with Crippen molar-refractivity contribution in [1.82, 2.24) is 0 Å². The van der Waals surface area contributed by atoms with Crippen LogP contribution in [0.3, 0.4) is 0 Å². The van der Waals surface area contributed by atoms with E-state index in [1.54, 1.807) is 0 Å². The van der Waals surface area contributed by atoms with Gasteiger partial charge in [0.15, 0.2) is 5.79 Å². The molecule has 3 nitrogen and oxygen atoms in total. The summed E-state index contributed by atoms with van der Waals surface area (Å²) in [5.41, 5.74) is 0. The van der Waals surface area contributed by atoms with Gasteiger partial charge in [0.25, 0.3) is 0 Å². The molecule has 0 saturated carbocycles. The first-order valence-corrected chi connectivity index (χ1v) is 10.6. The van der Waals surface area contributed by atoms with Crippen LogP contribution < -0.4 is 0 Å². The highest BCUT2D eigenvalue weighted by molar-refractivity contribution is 4.81. The molecule has 0 bridgehead atoms. The Balaban J connectivity index is 1.93. The fourth-order valence-electron chi connectivity index (χ4n) is 3.71. The highest BCUT2D eigenvalue weighted by Gasteiger charge is 2.40. The third-order valence-corrected chi connectivity index (χ3v) is 5.04. The summed E-state index contributed by atoms with van der Waals surface area (Å²) in [6.45, 7) is 6.40. The third-order valence-electron chi connectivity index (χ3n) is 5.04. The number of rotatable bonds is 15. The van der Waals surface area contributed by atoms with E-state index in [0.717, 1.165) is 6.42 Å². The van der Waals surface area contributed by atoms with Gasteiger partial charge in [-0.05, 0) is 26.7 Å². The van der Waals surface area contributed by atoms with E-state index in [1.165, 1.54) is 77.0 Å². The van der Waals surface area contributed by atoms with Gasteiger partial charge in [0.2, 0.25) is 0 Å². The molecule has 0 amide bonds. The fraction of sp³-hybridized carbons (Fsp3) is 1.00.